The van der Waals surface area contributed by atoms with Gasteiger partial charge in [-0.15, -0.1) is 24.0 Å². The van der Waals surface area contributed by atoms with Crippen molar-refractivity contribution in [3.05, 3.63) is 30.3 Å². The third-order valence-electron chi connectivity index (χ3n) is 2.17. The molecular weight excluding hydrogens is 329 g/mol. The predicted molar refractivity (Wildman–Crippen MR) is 81.1 cm³/mol. The molecule has 1 unspecified atom stereocenters. The van der Waals surface area contributed by atoms with Gasteiger partial charge in [-0.2, -0.15) is 0 Å². The van der Waals surface area contributed by atoms with Crippen LogP contribution in [0.4, 0.5) is 5.69 Å². The summed E-state index contributed by atoms with van der Waals surface area (Å²) in [5, 5.41) is 0. The molecular formula is C12H20IN3O. The number of nitrogens with one attached hydrogen (secondary N) is 2. The summed E-state index contributed by atoms with van der Waals surface area (Å²) in [4.78, 5) is 11.6. The van der Waals surface area contributed by atoms with Gasteiger partial charge in [-0.25, -0.2) is 0 Å². The van der Waals surface area contributed by atoms with Gasteiger partial charge >= 0.3 is 0 Å². The number of para-hydroxylation sites is 1. The fraction of sp³-hybridized carbons (Fsp3) is 0.417. The minimum atomic E-state index is -0.462. The van der Waals surface area contributed by atoms with Gasteiger partial charge in [0, 0.05) is 0 Å². The summed E-state index contributed by atoms with van der Waals surface area (Å²) in [5.74, 6) is 0.232. The van der Waals surface area contributed by atoms with Gasteiger partial charge in [-0.3, -0.25) is 15.6 Å². The topological polar surface area (TPSA) is 67.2 Å². The Balaban J connectivity index is 0.00000256. The van der Waals surface area contributed by atoms with Crippen molar-refractivity contribution in [2.24, 2.45) is 11.7 Å². The standard InChI is InChI=1S/C12H19N3O.HI/c1-9(2)8-11(13)12(16)15-14-10-6-4-3-5-7-10;/h3-7,9,11,14H,8,13H2,1-2H3,(H,15,16);1H. The second kappa shape index (κ2) is 8.30. The van der Waals surface area contributed by atoms with Crippen LogP contribution in [-0.4, -0.2) is 11.9 Å². The Labute approximate surface area is 119 Å². The van der Waals surface area contributed by atoms with Crippen molar-refractivity contribution < 1.29 is 4.79 Å². The van der Waals surface area contributed by atoms with Crippen LogP contribution in [0.1, 0.15) is 20.3 Å². The highest BCUT2D eigenvalue weighted by Gasteiger charge is 2.14. The Morgan fingerprint density at radius 2 is 1.88 bits per heavy atom. The van der Waals surface area contributed by atoms with E-state index in [1.807, 2.05) is 44.2 Å². The minimum Gasteiger partial charge on any atom is -0.320 e. The number of halogens is 1. The monoisotopic (exact) mass is 349 g/mol. The molecule has 0 aromatic heterocycles. The number of benzene rings is 1. The Morgan fingerprint density at radius 1 is 1.29 bits per heavy atom. The SMILES string of the molecule is CC(C)CC(N)C(=O)NNc1ccccc1.I. The zero-order valence-corrected chi connectivity index (χ0v) is 12.5. The summed E-state index contributed by atoms with van der Waals surface area (Å²) in [6.07, 6.45) is 0.683. The zero-order valence-electron chi connectivity index (χ0n) is 10.1. The maximum absolute atomic E-state index is 11.6. The summed E-state index contributed by atoms with van der Waals surface area (Å²) in [5.41, 5.74) is 12.0. The van der Waals surface area contributed by atoms with Crippen LogP contribution < -0.4 is 16.6 Å². The molecule has 0 aliphatic heterocycles. The Kier molecular flexibility index (Phi) is 7.90. The molecule has 0 fully saturated rings. The second-order valence-corrected chi connectivity index (χ2v) is 4.22. The molecule has 4 N–H and O–H groups in total. The van der Waals surface area contributed by atoms with E-state index in [0.717, 1.165) is 5.69 Å². The van der Waals surface area contributed by atoms with Gasteiger partial charge in [0.15, 0.2) is 0 Å². The molecule has 4 nitrogen and oxygen atoms in total. The Hall–Kier alpha value is -0.820. The van der Waals surface area contributed by atoms with E-state index < -0.39 is 6.04 Å². The highest BCUT2D eigenvalue weighted by Crippen LogP contribution is 2.04. The summed E-state index contributed by atoms with van der Waals surface area (Å²) < 4.78 is 0. The van der Waals surface area contributed by atoms with Crippen LogP contribution in [0, 0.1) is 5.92 Å². The zero-order chi connectivity index (χ0) is 12.0. The fourth-order valence-corrected chi connectivity index (χ4v) is 1.36. The van der Waals surface area contributed by atoms with Crippen molar-refractivity contribution in [2.75, 3.05) is 5.43 Å². The first-order valence-electron chi connectivity index (χ1n) is 5.46. The molecule has 1 aromatic carbocycles. The van der Waals surface area contributed by atoms with Gasteiger partial charge in [0.2, 0.25) is 0 Å². The molecule has 0 heterocycles. The van der Waals surface area contributed by atoms with E-state index in [9.17, 15) is 4.79 Å². The number of rotatable bonds is 5. The van der Waals surface area contributed by atoms with E-state index in [1.165, 1.54) is 0 Å². The van der Waals surface area contributed by atoms with Crippen molar-refractivity contribution in [2.45, 2.75) is 26.3 Å². The molecule has 96 valence electrons. The summed E-state index contributed by atoms with van der Waals surface area (Å²) in [6.45, 7) is 4.08. The van der Waals surface area contributed by atoms with Crippen molar-refractivity contribution in [3.63, 3.8) is 0 Å². The molecule has 0 aliphatic rings. The van der Waals surface area contributed by atoms with E-state index in [2.05, 4.69) is 10.9 Å². The van der Waals surface area contributed by atoms with Crippen LogP contribution >= 0.6 is 24.0 Å². The molecule has 17 heavy (non-hydrogen) atoms. The molecule has 1 amide bonds. The van der Waals surface area contributed by atoms with Gasteiger partial charge in [0.1, 0.15) is 0 Å². The van der Waals surface area contributed by atoms with Crippen LogP contribution in [0.5, 0.6) is 0 Å². The van der Waals surface area contributed by atoms with Crippen molar-refractivity contribution in [1.29, 1.82) is 0 Å². The Morgan fingerprint density at radius 3 is 2.41 bits per heavy atom. The first-order chi connectivity index (χ1) is 7.59. The first-order valence-corrected chi connectivity index (χ1v) is 5.46. The molecule has 1 rings (SSSR count). The Bertz CT molecular complexity index is 330. The maximum Gasteiger partial charge on any atom is 0.255 e. The lowest BCUT2D eigenvalue weighted by atomic mass is 10.0. The smallest absolute Gasteiger partial charge is 0.255 e. The lowest BCUT2D eigenvalue weighted by molar-refractivity contribution is -0.122. The average Bonchev–Trinajstić information content (AvgIpc) is 2.26. The number of carbonyl (C=O) groups is 1. The second-order valence-electron chi connectivity index (χ2n) is 4.22. The summed E-state index contributed by atoms with van der Waals surface area (Å²) >= 11 is 0. The summed E-state index contributed by atoms with van der Waals surface area (Å²) in [7, 11) is 0. The molecule has 5 heteroatoms. The van der Waals surface area contributed by atoms with Crippen molar-refractivity contribution in [1.82, 2.24) is 5.43 Å². The number of amides is 1. The molecule has 0 aliphatic carbocycles. The fourth-order valence-electron chi connectivity index (χ4n) is 1.36. The van der Waals surface area contributed by atoms with E-state index >= 15 is 0 Å². The number of hydrazine groups is 1. The molecule has 0 spiro atoms. The number of hydrogen-bond acceptors (Lipinski definition) is 3. The van der Waals surface area contributed by atoms with Gasteiger partial charge in [0.05, 0.1) is 11.7 Å². The van der Waals surface area contributed by atoms with Gasteiger partial charge in [0.25, 0.3) is 5.91 Å². The lowest BCUT2D eigenvalue weighted by Crippen LogP contribution is -2.43. The van der Waals surface area contributed by atoms with Crippen molar-refractivity contribution in [3.8, 4) is 0 Å². The predicted octanol–water partition coefficient (Wildman–Crippen LogP) is 2.12. The van der Waals surface area contributed by atoms with E-state index in [-0.39, 0.29) is 29.9 Å². The van der Waals surface area contributed by atoms with Gasteiger partial charge in [-0.05, 0) is 24.5 Å². The third kappa shape index (κ3) is 6.48. The van der Waals surface area contributed by atoms with Gasteiger partial charge in [-0.1, -0.05) is 32.0 Å². The first kappa shape index (κ1) is 16.2. The van der Waals surface area contributed by atoms with E-state index in [0.29, 0.717) is 12.3 Å². The van der Waals surface area contributed by atoms with E-state index in [4.69, 9.17) is 5.73 Å². The average molecular weight is 349 g/mol. The third-order valence-corrected chi connectivity index (χ3v) is 2.17. The number of hydrogen-bond donors (Lipinski definition) is 3. The summed E-state index contributed by atoms with van der Waals surface area (Å²) in [6, 6.07) is 8.97. The molecule has 1 aromatic rings. The highest BCUT2D eigenvalue weighted by molar-refractivity contribution is 14.0. The van der Waals surface area contributed by atoms with E-state index in [1.54, 1.807) is 0 Å². The van der Waals surface area contributed by atoms with Crippen LogP contribution in [0.2, 0.25) is 0 Å². The highest BCUT2D eigenvalue weighted by atomic mass is 127. The van der Waals surface area contributed by atoms with Crippen LogP contribution in [0.25, 0.3) is 0 Å². The normalized spacial score (nSPS) is 11.5. The molecule has 1 atom stereocenters. The molecule has 0 saturated heterocycles. The van der Waals surface area contributed by atoms with Crippen LogP contribution in [0.3, 0.4) is 0 Å². The minimum absolute atomic E-state index is 0. The van der Waals surface area contributed by atoms with Crippen LogP contribution in [0.15, 0.2) is 30.3 Å². The number of anilines is 1. The lowest BCUT2D eigenvalue weighted by Gasteiger charge is -2.15. The quantitative estimate of drug-likeness (QED) is 0.564. The maximum atomic E-state index is 11.6. The molecule has 0 radical (unpaired) electrons. The van der Waals surface area contributed by atoms with Crippen molar-refractivity contribution >= 4 is 35.6 Å². The molecule has 0 saturated carbocycles. The van der Waals surface area contributed by atoms with Gasteiger partial charge < -0.3 is 5.73 Å². The molecule has 0 bridgehead atoms. The largest absolute Gasteiger partial charge is 0.320 e. The number of carbonyl (C=O) groups excluding carboxylic acids is 1. The number of nitrogens with two attached hydrogens (primary N) is 1. The van der Waals surface area contributed by atoms with Crippen LogP contribution in [-0.2, 0) is 4.79 Å².